The quantitative estimate of drug-likeness (QED) is 0.724. The van der Waals surface area contributed by atoms with Crippen LogP contribution in [0.3, 0.4) is 0 Å². The zero-order chi connectivity index (χ0) is 16.6. The standard InChI is InChI=1S/C15H23N3O3S2.ClH/c1-17-23(20,21)12-7-13(22-8-12)15(19)18-14-9-3-2-4-10(14)6-11(16)5-9;/h7-11,14,17H,2-6,16H2,1H3,(H,18,19);1H. The van der Waals surface area contributed by atoms with E-state index in [2.05, 4.69) is 10.0 Å². The number of nitrogens with one attached hydrogen (secondary N) is 2. The number of fused-ring (bicyclic) bond motifs is 2. The zero-order valence-corrected chi connectivity index (χ0v) is 16.0. The number of nitrogens with two attached hydrogens (primary N) is 1. The van der Waals surface area contributed by atoms with Gasteiger partial charge in [0.1, 0.15) is 0 Å². The fourth-order valence-electron chi connectivity index (χ4n) is 3.94. The predicted molar refractivity (Wildman–Crippen MR) is 97.1 cm³/mol. The molecule has 1 amide bonds. The van der Waals surface area contributed by atoms with Crippen molar-refractivity contribution in [3.8, 4) is 0 Å². The smallest absolute Gasteiger partial charge is 0.261 e. The van der Waals surface area contributed by atoms with Gasteiger partial charge in [0.05, 0.1) is 9.77 Å². The maximum Gasteiger partial charge on any atom is 0.261 e. The monoisotopic (exact) mass is 393 g/mol. The van der Waals surface area contributed by atoms with Crippen molar-refractivity contribution in [1.82, 2.24) is 10.0 Å². The van der Waals surface area contributed by atoms with Crippen LogP contribution in [0.15, 0.2) is 16.3 Å². The highest BCUT2D eigenvalue weighted by Crippen LogP contribution is 2.39. The summed E-state index contributed by atoms with van der Waals surface area (Å²) in [5.41, 5.74) is 6.11. The number of carbonyl (C=O) groups excluding carboxylic acids is 1. The number of halogens is 1. The Kier molecular flexibility index (Phi) is 6.30. The van der Waals surface area contributed by atoms with Gasteiger partial charge in [-0.25, -0.2) is 13.1 Å². The lowest BCUT2D eigenvalue weighted by Crippen LogP contribution is -2.53. The molecule has 6 nitrogen and oxygen atoms in total. The summed E-state index contributed by atoms with van der Waals surface area (Å²) >= 11 is 1.16. The molecule has 2 aliphatic carbocycles. The molecule has 2 fully saturated rings. The van der Waals surface area contributed by atoms with Gasteiger partial charge in [-0.1, -0.05) is 6.42 Å². The second-order valence-corrected chi connectivity index (χ2v) is 9.33. The lowest BCUT2D eigenvalue weighted by molar-refractivity contribution is 0.0759. The first-order chi connectivity index (χ1) is 10.9. The average Bonchev–Trinajstić information content (AvgIpc) is 2.99. The van der Waals surface area contributed by atoms with Crippen LogP contribution in [0.5, 0.6) is 0 Å². The maximum absolute atomic E-state index is 12.5. The molecule has 2 atom stereocenters. The average molecular weight is 394 g/mol. The molecule has 2 unspecified atom stereocenters. The Balaban J connectivity index is 0.00000208. The Morgan fingerprint density at radius 1 is 1.29 bits per heavy atom. The number of rotatable bonds is 4. The molecule has 4 N–H and O–H groups in total. The van der Waals surface area contributed by atoms with Crippen LogP contribution in [0.2, 0.25) is 0 Å². The van der Waals surface area contributed by atoms with Gasteiger partial charge >= 0.3 is 0 Å². The maximum atomic E-state index is 12.5. The number of thiophene rings is 1. The van der Waals surface area contributed by atoms with Crippen molar-refractivity contribution < 1.29 is 13.2 Å². The summed E-state index contributed by atoms with van der Waals surface area (Å²) in [7, 11) is -2.14. The molecule has 0 radical (unpaired) electrons. The summed E-state index contributed by atoms with van der Waals surface area (Å²) < 4.78 is 25.8. The summed E-state index contributed by atoms with van der Waals surface area (Å²) in [5.74, 6) is 0.716. The molecule has 0 aliphatic heterocycles. The Morgan fingerprint density at radius 2 is 1.92 bits per heavy atom. The van der Waals surface area contributed by atoms with E-state index in [4.69, 9.17) is 5.73 Å². The number of sulfonamides is 1. The minimum atomic E-state index is -3.50. The van der Waals surface area contributed by atoms with E-state index in [1.165, 1.54) is 24.9 Å². The highest BCUT2D eigenvalue weighted by atomic mass is 35.5. The van der Waals surface area contributed by atoms with Crippen molar-refractivity contribution in [3.05, 3.63) is 16.3 Å². The molecule has 9 heteroatoms. The lowest BCUT2D eigenvalue weighted by atomic mass is 9.67. The number of amides is 1. The molecule has 136 valence electrons. The predicted octanol–water partition coefficient (Wildman–Crippen LogP) is 1.71. The molecular weight excluding hydrogens is 370 g/mol. The summed E-state index contributed by atoms with van der Waals surface area (Å²) in [6, 6.07) is 1.85. The Morgan fingerprint density at radius 3 is 2.50 bits per heavy atom. The largest absolute Gasteiger partial charge is 0.348 e. The van der Waals surface area contributed by atoms with E-state index in [0.717, 1.165) is 37.0 Å². The van der Waals surface area contributed by atoms with Gasteiger partial charge in [-0.15, -0.1) is 23.7 Å². The summed E-state index contributed by atoms with van der Waals surface area (Å²) in [4.78, 5) is 13.1. The fourth-order valence-corrected chi connectivity index (χ4v) is 5.85. The SMILES string of the molecule is CNS(=O)(=O)c1csc(C(=O)NC2C3CCCC2CC(N)C3)c1.Cl. The van der Waals surface area contributed by atoms with Crippen molar-refractivity contribution in [2.45, 2.75) is 49.1 Å². The van der Waals surface area contributed by atoms with Gasteiger partial charge < -0.3 is 11.1 Å². The molecular formula is C15H24ClN3O3S2. The van der Waals surface area contributed by atoms with E-state index in [0.29, 0.717) is 16.7 Å². The van der Waals surface area contributed by atoms with Crippen molar-refractivity contribution in [3.63, 3.8) is 0 Å². The molecule has 1 aromatic rings. The summed E-state index contributed by atoms with van der Waals surface area (Å²) in [6.07, 6.45) is 5.35. The van der Waals surface area contributed by atoms with E-state index in [-0.39, 0.29) is 35.3 Å². The first-order valence-electron chi connectivity index (χ1n) is 7.99. The second-order valence-electron chi connectivity index (χ2n) is 6.54. The number of carbonyl (C=O) groups is 1. The van der Waals surface area contributed by atoms with Gasteiger partial charge in [0.15, 0.2) is 0 Å². The molecule has 0 spiro atoms. The van der Waals surface area contributed by atoms with E-state index >= 15 is 0 Å². The minimum Gasteiger partial charge on any atom is -0.348 e. The third-order valence-corrected chi connectivity index (χ3v) is 7.52. The molecule has 2 saturated carbocycles. The normalized spacial score (nSPS) is 29.6. The molecule has 2 aliphatic rings. The topological polar surface area (TPSA) is 101 Å². The van der Waals surface area contributed by atoms with Gasteiger partial charge in [0, 0.05) is 17.5 Å². The highest BCUT2D eigenvalue weighted by Gasteiger charge is 2.40. The highest BCUT2D eigenvalue weighted by molar-refractivity contribution is 7.89. The van der Waals surface area contributed by atoms with Crippen LogP contribution in [-0.4, -0.2) is 33.5 Å². The van der Waals surface area contributed by atoms with Crippen LogP contribution in [0.4, 0.5) is 0 Å². The Hall–Kier alpha value is -0.670. The van der Waals surface area contributed by atoms with Crippen LogP contribution < -0.4 is 15.8 Å². The van der Waals surface area contributed by atoms with Crippen molar-refractivity contribution in [1.29, 1.82) is 0 Å². The van der Waals surface area contributed by atoms with Gasteiger partial charge in [-0.05, 0) is 50.6 Å². The molecule has 3 rings (SSSR count). The van der Waals surface area contributed by atoms with E-state index in [1.54, 1.807) is 0 Å². The number of hydrogen-bond donors (Lipinski definition) is 3. The van der Waals surface area contributed by atoms with Crippen molar-refractivity contribution in [2.24, 2.45) is 17.6 Å². The second kappa shape index (κ2) is 7.70. The van der Waals surface area contributed by atoms with Crippen LogP contribution in [0.25, 0.3) is 0 Å². The molecule has 24 heavy (non-hydrogen) atoms. The number of hydrogen-bond acceptors (Lipinski definition) is 5. The first kappa shape index (κ1) is 19.7. The van der Waals surface area contributed by atoms with Gasteiger partial charge in [-0.2, -0.15) is 0 Å². The van der Waals surface area contributed by atoms with E-state index in [1.807, 2.05) is 0 Å². The molecule has 1 aromatic heterocycles. The van der Waals surface area contributed by atoms with Gasteiger partial charge in [-0.3, -0.25) is 4.79 Å². The third kappa shape index (κ3) is 3.94. The van der Waals surface area contributed by atoms with Crippen LogP contribution in [0, 0.1) is 11.8 Å². The molecule has 0 saturated heterocycles. The van der Waals surface area contributed by atoms with E-state index in [9.17, 15) is 13.2 Å². The van der Waals surface area contributed by atoms with E-state index < -0.39 is 10.0 Å². The summed E-state index contributed by atoms with van der Waals surface area (Å²) in [6.45, 7) is 0. The third-order valence-electron chi connectivity index (χ3n) is 5.05. The first-order valence-corrected chi connectivity index (χ1v) is 10.4. The van der Waals surface area contributed by atoms with Crippen molar-refractivity contribution >= 4 is 39.7 Å². The minimum absolute atomic E-state index is 0. The Labute approximate surface area is 153 Å². The van der Waals surface area contributed by atoms with Crippen LogP contribution >= 0.6 is 23.7 Å². The van der Waals surface area contributed by atoms with Gasteiger partial charge in [0.25, 0.3) is 5.91 Å². The van der Waals surface area contributed by atoms with Gasteiger partial charge in [0.2, 0.25) is 10.0 Å². The lowest BCUT2D eigenvalue weighted by Gasteiger charge is -2.45. The molecule has 0 aromatic carbocycles. The zero-order valence-electron chi connectivity index (χ0n) is 13.5. The van der Waals surface area contributed by atoms with Crippen molar-refractivity contribution in [2.75, 3.05) is 7.05 Å². The molecule has 2 bridgehead atoms. The summed E-state index contributed by atoms with van der Waals surface area (Å²) in [5, 5.41) is 4.64. The fraction of sp³-hybridized carbons (Fsp3) is 0.667. The Bertz CT molecular complexity index is 678. The van der Waals surface area contributed by atoms with Crippen LogP contribution in [0.1, 0.15) is 41.8 Å². The van der Waals surface area contributed by atoms with Crippen LogP contribution in [-0.2, 0) is 10.0 Å². The molecule has 1 heterocycles.